The van der Waals surface area contributed by atoms with Gasteiger partial charge in [-0.2, -0.15) is 8.78 Å². The Kier molecular flexibility index (Phi) is 4.93. The first-order chi connectivity index (χ1) is 10.6. The maximum Gasteiger partial charge on any atom is 0.387 e. The zero-order chi connectivity index (χ0) is 15.5. The molecule has 0 amide bonds. The van der Waals surface area contributed by atoms with Crippen LogP contribution in [0.2, 0.25) is 0 Å². The van der Waals surface area contributed by atoms with E-state index in [-0.39, 0.29) is 5.75 Å². The van der Waals surface area contributed by atoms with E-state index in [0.29, 0.717) is 6.04 Å². The van der Waals surface area contributed by atoms with Crippen LogP contribution in [0.5, 0.6) is 5.75 Å². The summed E-state index contributed by atoms with van der Waals surface area (Å²) in [6.07, 6.45) is 3.94. The Morgan fingerprint density at radius 1 is 1.14 bits per heavy atom. The summed E-state index contributed by atoms with van der Waals surface area (Å²) in [5.41, 5.74) is 1.16. The number of alkyl halides is 2. The Bertz CT molecular complexity index is 480. The molecule has 5 heteroatoms. The fourth-order valence-electron chi connectivity index (χ4n) is 3.79. The zero-order valence-corrected chi connectivity index (χ0v) is 13.0. The Balaban J connectivity index is 1.63. The smallest absolute Gasteiger partial charge is 0.387 e. The molecule has 1 aromatic carbocycles. The van der Waals surface area contributed by atoms with Crippen molar-refractivity contribution in [3.8, 4) is 5.75 Å². The van der Waals surface area contributed by atoms with Gasteiger partial charge in [0.05, 0.1) is 0 Å². The third-order valence-corrected chi connectivity index (χ3v) is 4.86. The van der Waals surface area contributed by atoms with E-state index >= 15 is 0 Å². The lowest BCUT2D eigenvalue weighted by Gasteiger charge is -2.29. The fourth-order valence-corrected chi connectivity index (χ4v) is 3.79. The molecule has 1 aromatic rings. The molecule has 3 nitrogen and oxygen atoms in total. The van der Waals surface area contributed by atoms with Crippen LogP contribution in [0.4, 0.5) is 8.78 Å². The zero-order valence-electron chi connectivity index (χ0n) is 13.0. The van der Waals surface area contributed by atoms with E-state index in [9.17, 15) is 8.78 Å². The van der Waals surface area contributed by atoms with Gasteiger partial charge >= 0.3 is 6.61 Å². The van der Waals surface area contributed by atoms with Gasteiger partial charge in [0.25, 0.3) is 0 Å². The molecular weight excluding hydrogens is 286 g/mol. The van der Waals surface area contributed by atoms with Gasteiger partial charge in [0.1, 0.15) is 5.75 Å². The van der Waals surface area contributed by atoms with Crippen molar-refractivity contribution in [2.75, 3.05) is 26.7 Å². The lowest BCUT2D eigenvalue weighted by Crippen LogP contribution is -2.38. The minimum Gasteiger partial charge on any atom is -0.435 e. The second-order valence-corrected chi connectivity index (χ2v) is 6.61. The normalized spacial score (nSPS) is 26.9. The van der Waals surface area contributed by atoms with Crippen LogP contribution in [0.3, 0.4) is 0 Å². The van der Waals surface area contributed by atoms with Crippen molar-refractivity contribution in [1.82, 2.24) is 9.80 Å². The molecule has 2 bridgehead atoms. The second-order valence-electron chi connectivity index (χ2n) is 6.61. The van der Waals surface area contributed by atoms with Crippen LogP contribution in [0.15, 0.2) is 24.3 Å². The number of halogens is 2. The number of hydrogen-bond acceptors (Lipinski definition) is 3. The lowest BCUT2D eigenvalue weighted by atomic mass is 9.99. The van der Waals surface area contributed by atoms with Crippen molar-refractivity contribution >= 4 is 0 Å². The lowest BCUT2D eigenvalue weighted by molar-refractivity contribution is -0.0498. The number of hydrogen-bond donors (Lipinski definition) is 0. The van der Waals surface area contributed by atoms with Gasteiger partial charge in [-0.3, -0.25) is 4.90 Å². The van der Waals surface area contributed by atoms with Crippen LogP contribution >= 0.6 is 0 Å². The first-order valence-corrected chi connectivity index (χ1v) is 8.06. The Morgan fingerprint density at radius 3 is 2.64 bits per heavy atom. The molecule has 3 rings (SSSR count). The standard InChI is InChI=1S/C17H24F2N2O/c1-20-9-14-3-2-4-15(20)12-21(11-14)10-13-5-7-16(8-6-13)22-17(18)19/h5-8,14-15,17H,2-4,9-12H2,1H3/t14-,15-/m0/s1. The van der Waals surface area contributed by atoms with Crippen LogP contribution in [-0.2, 0) is 6.54 Å². The first-order valence-electron chi connectivity index (χ1n) is 8.06. The number of ether oxygens (including phenoxy) is 1. The van der Waals surface area contributed by atoms with Crippen LogP contribution in [0.1, 0.15) is 24.8 Å². The van der Waals surface area contributed by atoms with Gasteiger partial charge in [0, 0.05) is 32.2 Å². The molecular formula is C17H24F2N2O. The number of benzene rings is 1. The van der Waals surface area contributed by atoms with E-state index in [0.717, 1.165) is 31.1 Å². The molecule has 2 fully saturated rings. The highest BCUT2D eigenvalue weighted by Crippen LogP contribution is 2.26. The molecule has 0 spiro atoms. The number of likely N-dealkylation sites (N-methyl/N-ethyl adjacent to an activating group) is 1. The number of fused-ring (bicyclic) bond motifs is 3. The van der Waals surface area contributed by atoms with Crippen molar-refractivity contribution in [2.45, 2.75) is 38.5 Å². The highest BCUT2D eigenvalue weighted by molar-refractivity contribution is 5.27. The van der Waals surface area contributed by atoms with Crippen molar-refractivity contribution in [1.29, 1.82) is 0 Å². The molecule has 0 aliphatic carbocycles. The summed E-state index contributed by atoms with van der Waals surface area (Å²) in [7, 11) is 2.24. The topological polar surface area (TPSA) is 15.7 Å². The average molecular weight is 310 g/mol. The van der Waals surface area contributed by atoms with E-state index in [1.807, 2.05) is 12.1 Å². The molecule has 2 aliphatic heterocycles. The van der Waals surface area contributed by atoms with Crippen LogP contribution in [0.25, 0.3) is 0 Å². The summed E-state index contributed by atoms with van der Waals surface area (Å²) in [6, 6.07) is 7.69. The van der Waals surface area contributed by atoms with E-state index in [1.54, 1.807) is 12.1 Å². The van der Waals surface area contributed by atoms with Crippen molar-refractivity contribution in [3.63, 3.8) is 0 Å². The molecule has 2 atom stereocenters. The third-order valence-electron chi connectivity index (χ3n) is 4.86. The van der Waals surface area contributed by atoms with Gasteiger partial charge < -0.3 is 9.64 Å². The minimum absolute atomic E-state index is 0.228. The van der Waals surface area contributed by atoms with E-state index in [1.165, 1.54) is 25.8 Å². The molecule has 0 unspecified atom stereocenters. The minimum atomic E-state index is -2.76. The van der Waals surface area contributed by atoms with Crippen LogP contribution in [-0.4, -0.2) is 49.1 Å². The van der Waals surface area contributed by atoms with Gasteiger partial charge in [0.15, 0.2) is 0 Å². The number of likely N-dealkylation sites (tertiary alicyclic amines) is 1. The monoisotopic (exact) mass is 310 g/mol. The molecule has 2 saturated heterocycles. The van der Waals surface area contributed by atoms with E-state index in [2.05, 4.69) is 21.6 Å². The van der Waals surface area contributed by atoms with Gasteiger partial charge in [-0.1, -0.05) is 18.6 Å². The molecule has 0 radical (unpaired) electrons. The van der Waals surface area contributed by atoms with Gasteiger partial charge in [-0.05, 0) is 43.5 Å². The Hall–Kier alpha value is -1.20. The molecule has 0 aromatic heterocycles. The SMILES string of the molecule is CN1C[C@@H]2CCC[C@H]1CN(Cc1ccc(OC(F)F)cc1)C2. The molecule has 2 aliphatic rings. The predicted molar refractivity (Wildman–Crippen MR) is 82.1 cm³/mol. The Morgan fingerprint density at radius 2 is 1.91 bits per heavy atom. The largest absolute Gasteiger partial charge is 0.435 e. The molecule has 0 saturated carbocycles. The molecule has 22 heavy (non-hydrogen) atoms. The summed E-state index contributed by atoms with van der Waals surface area (Å²) in [5.74, 6) is 0.977. The third kappa shape index (κ3) is 3.96. The van der Waals surface area contributed by atoms with Crippen LogP contribution in [0, 0.1) is 5.92 Å². The summed E-state index contributed by atoms with van der Waals surface area (Å²) < 4.78 is 28.7. The number of nitrogens with zero attached hydrogens (tertiary/aromatic N) is 2. The van der Waals surface area contributed by atoms with Gasteiger partial charge in [-0.25, -0.2) is 0 Å². The summed E-state index contributed by atoms with van der Waals surface area (Å²) in [6.45, 7) is 1.56. The fraction of sp³-hybridized carbons (Fsp3) is 0.647. The van der Waals surface area contributed by atoms with Gasteiger partial charge in [0.2, 0.25) is 0 Å². The van der Waals surface area contributed by atoms with Crippen molar-refractivity contribution in [3.05, 3.63) is 29.8 Å². The van der Waals surface area contributed by atoms with E-state index in [4.69, 9.17) is 0 Å². The maximum absolute atomic E-state index is 12.2. The molecule has 0 N–H and O–H groups in total. The first kappa shape index (κ1) is 15.7. The van der Waals surface area contributed by atoms with Crippen molar-refractivity contribution < 1.29 is 13.5 Å². The summed E-state index contributed by atoms with van der Waals surface area (Å²) >= 11 is 0. The quantitative estimate of drug-likeness (QED) is 0.849. The average Bonchev–Trinajstić information content (AvgIpc) is 2.69. The van der Waals surface area contributed by atoms with E-state index < -0.39 is 6.61 Å². The molecule has 122 valence electrons. The molecule has 2 heterocycles. The number of rotatable bonds is 4. The highest BCUT2D eigenvalue weighted by atomic mass is 19.3. The highest BCUT2D eigenvalue weighted by Gasteiger charge is 2.30. The summed E-state index contributed by atoms with van der Waals surface area (Å²) in [5, 5.41) is 0. The van der Waals surface area contributed by atoms with Crippen molar-refractivity contribution in [2.24, 2.45) is 5.92 Å². The summed E-state index contributed by atoms with van der Waals surface area (Å²) in [4.78, 5) is 5.03. The maximum atomic E-state index is 12.2. The predicted octanol–water partition coefficient (Wildman–Crippen LogP) is 3.20. The van der Waals surface area contributed by atoms with Gasteiger partial charge in [-0.15, -0.1) is 0 Å². The Labute approximate surface area is 130 Å². The second kappa shape index (κ2) is 6.92. The van der Waals surface area contributed by atoms with Crippen LogP contribution < -0.4 is 4.74 Å².